The lowest BCUT2D eigenvalue weighted by Gasteiger charge is -2.22. The molecule has 0 bridgehead atoms. The largest absolute Gasteiger partial charge is 0.371 e. The predicted molar refractivity (Wildman–Crippen MR) is 72.0 cm³/mol. The molecule has 3 heteroatoms. The van der Waals surface area contributed by atoms with E-state index in [-0.39, 0.29) is 5.82 Å². The summed E-state index contributed by atoms with van der Waals surface area (Å²) in [6.07, 6.45) is 2.28. The van der Waals surface area contributed by atoms with Gasteiger partial charge in [0.1, 0.15) is 5.82 Å². The van der Waals surface area contributed by atoms with E-state index in [1.165, 1.54) is 6.07 Å². The average molecular weight is 238 g/mol. The van der Waals surface area contributed by atoms with E-state index >= 15 is 0 Å². The van der Waals surface area contributed by atoms with Gasteiger partial charge in [-0.25, -0.2) is 4.39 Å². The molecule has 0 aliphatic heterocycles. The number of hydrogen-bond acceptors (Lipinski definition) is 2. The number of halogens is 1. The Kier molecular flexibility index (Phi) is 5.98. The van der Waals surface area contributed by atoms with Crippen molar-refractivity contribution in [2.24, 2.45) is 0 Å². The number of likely N-dealkylation sites (N-methyl/N-ethyl adjacent to an activating group) is 1. The highest BCUT2D eigenvalue weighted by molar-refractivity contribution is 5.46. The van der Waals surface area contributed by atoms with Crippen molar-refractivity contribution in [3.8, 4) is 0 Å². The van der Waals surface area contributed by atoms with Crippen LogP contribution in [0.25, 0.3) is 0 Å². The first-order chi connectivity index (χ1) is 8.19. The molecule has 0 aliphatic carbocycles. The highest BCUT2D eigenvalue weighted by Crippen LogP contribution is 2.16. The molecule has 0 heterocycles. The van der Waals surface area contributed by atoms with Crippen LogP contribution in [0.5, 0.6) is 0 Å². The Morgan fingerprint density at radius 1 is 1.24 bits per heavy atom. The second-order valence-corrected chi connectivity index (χ2v) is 4.34. The number of benzene rings is 1. The van der Waals surface area contributed by atoms with Gasteiger partial charge in [0, 0.05) is 26.2 Å². The Balaban J connectivity index is 2.40. The third-order valence-corrected chi connectivity index (χ3v) is 3.13. The van der Waals surface area contributed by atoms with Crippen LogP contribution >= 0.6 is 0 Å². The lowest BCUT2D eigenvalue weighted by Crippen LogP contribution is -2.35. The zero-order valence-electron chi connectivity index (χ0n) is 11.0. The van der Waals surface area contributed by atoms with Crippen LogP contribution in [0.1, 0.15) is 26.7 Å². The zero-order chi connectivity index (χ0) is 12.7. The first-order valence-electron chi connectivity index (χ1n) is 6.38. The molecule has 0 radical (unpaired) electrons. The molecular weight excluding hydrogens is 215 g/mol. The Bertz CT molecular complexity index is 324. The summed E-state index contributed by atoms with van der Waals surface area (Å²) >= 11 is 0. The number of nitrogens with zero attached hydrogens (tertiary/aromatic N) is 1. The van der Waals surface area contributed by atoms with E-state index in [4.69, 9.17) is 0 Å². The minimum atomic E-state index is -0.155. The Morgan fingerprint density at radius 3 is 2.47 bits per heavy atom. The molecule has 1 aromatic rings. The van der Waals surface area contributed by atoms with E-state index in [0.717, 1.165) is 25.9 Å². The van der Waals surface area contributed by atoms with Gasteiger partial charge in [0.2, 0.25) is 0 Å². The fourth-order valence-corrected chi connectivity index (χ4v) is 1.90. The van der Waals surface area contributed by atoms with Gasteiger partial charge >= 0.3 is 0 Å². The highest BCUT2D eigenvalue weighted by atomic mass is 19.1. The van der Waals surface area contributed by atoms with Crippen LogP contribution in [-0.4, -0.2) is 26.2 Å². The van der Waals surface area contributed by atoms with Crippen molar-refractivity contribution < 1.29 is 4.39 Å². The topological polar surface area (TPSA) is 15.3 Å². The molecule has 0 fully saturated rings. The second kappa shape index (κ2) is 7.28. The fourth-order valence-electron chi connectivity index (χ4n) is 1.90. The first kappa shape index (κ1) is 14.0. The maximum atomic E-state index is 13.5. The molecule has 0 saturated heterocycles. The SMILES string of the molecule is CCC(CC)NCCN(C)c1ccccc1F. The summed E-state index contributed by atoms with van der Waals surface area (Å²) in [6, 6.07) is 7.47. The Hall–Kier alpha value is -1.09. The highest BCUT2D eigenvalue weighted by Gasteiger charge is 2.07. The molecule has 0 atom stereocenters. The van der Waals surface area contributed by atoms with E-state index in [9.17, 15) is 4.39 Å². The fraction of sp³-hybridized carbons (Fsp3) is 0.571. The lowest BCUT2D eigenvalue weighted by atomic mass is 10.2. The number of anilines is 1. The molecule has 1 aromatic carbocycles. The lowest BCUT2D eigenvalue weighted by molar-refractivity contribution is 0.488. The number of rotatable bonds is 7. The Morgan fingerprint density at radius 2 is 1.88 bits per heavy atom. The maximum Gasteiger partial charge on any atom is 0.146 e. The molecule has 0 unspecified atom stereocenters. The van der Waals surface area contributed by atoms with Crippen LogP contribution in [0, 0.1) is 5.82 Å². The number of hydrogen-bond donors (Lipinski definition) is 1. The van der Waals surface area contributed by atoms with Crippen LogP contribution < -0.4 is 10.2 Å². The minimum absolute atomic E-state index is 0.155. The molecule has 0 aliphatic rings. The third kappa shape index (κ3) is 4.35. The molecule has 96 valence electrons. The molecule has 0 amide bonds. The summed E-state index contributed by atoms with van der Waals surface area (Å²) in [5.74, 6) is -0.155. The van der Waals surface area contributed by atoms with Crippen LogP contribution in [0.15, 0.2) is 24.3 Å². The molecular formula is C14H23FN2. The number of para-hydroxylation sites is 1. The van der Waals surface area contributed by atoms with Crippen molar-refractivity contribution in [1.29, 1.82) is 0 Å². The molecule has 0 aromatic heterocycles. The first-order valence-corrected chi connectivity index (χ1v) is 6.38. The van der Waals surface area contributed by atoms with Gasteiger partial charge in [-0.05, 0) is 25.0 Å². The summed E-state index contributed by atoms with van der Waals surface area (Å²) in [6.45, 7) is 6.07. The molecule has 2 nitrogen and oxygen atoms in total. The predicted octanol–water partition coefficient (Wildman–Crippen LogP) is 3.04. The van der Waals surface area contributed by atoms with Gasteiger partial charge in [-0.1, -0.05) is 26.0 Å². The van der Waals surface area contributed by atoms with Gasteiger partial charge in [0.25, 0.3) is 0 Å². The Labute approximate surface area is 104 Å². The quantitative estimate of drug-likeness (QED) is 0.785. The molecule has 1 rings (SSSR count). The maximum absolute atomic E-state index is 13.5. The van der Waals surface area contributed by atoms with Crippen LogP contribution in [0.2, 0.25) is 0 Å². The summed E-state index contributed by atoms with van der Waals surface area (Å²) in [4.78, 5) is 1.95. The van der Waals surface area contributed by atoms with Crippen molar-refractivity contribution in [2.45, 2.75) is 32.7 Å². The molecule has 0 saturated carbocycles. The van der Waals surface area contributed by atoms with Gasteiger partial charge in [0.05, 0.1) is 5.69 Å². The van der Waals surface area contributed by atoms with E-state index in [2.05, 4.69) is 19.2 Å². The van der Waals surface area contributed by atoms with Crippen molar-refractivity contribution in [3.63, 3.8) is 0 Å². The van der Waals surface area contributed by atoms with Gasteiger partial charge < -0.3 is 10.2 Å². The van der Waals surface area contributed by atoms with Crippen molar-refractivity contribution >= 4 is 5.69 Å². The van der Waals surface area contributed by atoms with Gasteiger partial charge in [-0.15, -0.1) is 0 Å². The summed E-state index contributed by atoms with van der Waals surface area (Å²) in [5.41, 5.74) is 0.666. The molecule has 17 heavy (non-hydrogen) atoms. The van der Waals surface area contributed by atoms with Crippen LogP contribution in [-0.2, 0) is 0 Å². The van der Waals surface area contributed by atoms with Crippen LogP contribution in [0.3, 0.4) is 0 Å². The smallest absolute Gasteiger partial charge is 0.146 e. The van der Waals surface area contributed by atoms with Gasteiger partial charge in [-0.3, -0.25) is 0 Å². The monoisotopic (exact) mass is 238 g/mol. The second-order valence-electron chi connectivity index (χ2n) is 4.34. The minimum Gasteiger partial charge on any atom is -0.371 e. The number of nitrogens with one attached hydrogen (secondary N) is 1. The van der Waals surface area contributed by atoms with E-state index < -0.39 is 0 Å². The standard InChI is InChI=1S/C14H23FN2/c1-4-12(5-2)16-10-11-17(3)14-9-7-6-8-13(14)15/h6-9,12,16H,4-5,10-11H2,1-3H3. The van der Waals surface area contributed by atoms with Crippen LogP contribution in [0.4, 0.5) is 10.1 Å². The summed E-state index contributed by atoms with van der Waals surface area (Å²) in [7, 11) is 1.92. The van der Waals surface area contributed by atoms with E-state index in [1.807, 2.05) is 24.1 Å². The normalized spacial score (nSPS) is 10.9. The van der Waals surface area contributed by atoms with Crippen molar-refractivity contribution in [3.05, 3.63) is 30.1 Å². The van der Waals surface area contributed by atoms with Gasteiger partial charge in [0.15, 0.2) is 0 Å². The molecule has 1 N–H and O–H groups in total. The molecule has 0 spiro atoms. The van der Waals surface area contributed by atoms with E-state index in [1.54, 1.807) is 6.07 Å². The summed E-state index contributed by atoms with van der Waals surface area (Å²) < 4.78 is 13.5. The van der Waals surface area contributed by atoms with Gasteiger partial charge in [-0.2, -0.15) is 0 Å². The van der Waals surface area contributed by atoms with E-state index in [0.29, 0.717) is 11.7 Å². The summed E-state index contributed by atoms with van der Waals surface area (Å²) in [5, 5.41) is 3.48. The third-order valence-electron chi connectivity index (χ3n) is 3.13. The zero-order valence-corrected chi connectivity index (χ0v) is 11.0. The average Bonchev–Trinajstić information content (AvgIpc) is 2.35. The van der Waals surface area contributed by atoms with Crippen molar-refractivity contribution in [1.82, 2.24) is 5.32 Å². The van der Waals surface area contributed by atoms with Crippen molar-refractivity contribution in [2.75, 3.05) is 25.0 Å².